The van der Waals surface area contributed by atoms with Gasteiger partial charge in [0.05, 0.1) is 5.56 Å². The predicted molar refractivity (Wildman–Crippen MR) is 63.4 cm³/mol. The molecule has 0 amide bonds. The molecular formula is C13H15F3N2. The van der Waals surface area contributed by atoms with Crippen LogP contribution >= 0.6 is 0 Å². The van der Waals surface area contributed by atoms with E-state index in [2.05, 4.69) is 5.32 Å². The van der Waals surface area contributed by atoms with Crippen molar-refractivity contribution >= 4 is 5.69 Å². The van der Waals surface area contributed by atoms with Gasteiger partial charge in [0, 0.05) is 17.6 Å². The van der Waals surface area contributed by atoms with E-state index in [0.29, 0.717) is 12.5 Å². The van der Waals surface area contributed by atoms with Crippen molar-refractivity contribution in [1.82, 2.24) is 0 Å². The molecule has 1 saturated carbocycles. The van der Waals surface area contributed by atoms with Gasteiger partial charge in [0.25, 0.3) is 0 Å². The number of benzene rings is 1. The maximum Gasteiger partial charge on any atom is 0.416 e. The number of nitrogens with one attached hydrogen (secondary N) is 1. The van der Waals surface area contributed by atoms with Crippen LogP contribution in [0.4, 0.5) is 18.9 Å². The fraction of sp³-hybridized carbons (Fsp3) is 0.538. The van der Waals surface area contributed by atoms with Gasteiger partial charge >= 0.3 is 6.18 Å². The summed E-state index contributed by atoms with van der Waals surface area (Å²) in [7, 11) is 0. The molecule has 1 aromatic carbocycles. The van der Waals surface area contributed by atoms with E-state index < -0.39 is 11.7 Å². The van der Waals surface area contributed by atoms with Crippen LogP contribution in [0.3, 0.4) is 0 Å². The molecule has 2 aliphatic rings. The first kappa shape index (κ1) is 11.8. The molecule has 1 aliphatic heterocycles. The van der Waals surface area contributed by atoms with Crippen molar-refractivity contribution in [3.63, 3.8) is 0 Å². The van der Waals surface area contributed by atoms with Crippen LogP contribution < -0.4 is 11.1 Å². The van der Waals surface area contributed by atoms with E-state index in [9.17, 15) is 13.2 Å². The van der Waals surface area contributed by atoms with Gasteiger partial charge in [0.2, 0.25) is 0 Å². The molecule has 1 aliphatic carbocycles. The lowest BCUT2D eigenvalue weighted by molar-refractivity contribution is -0.137. The summed E-state index contributed by atoms with van der Waals surface area (Å²) < 4.78 is 38.3. The van der Waals surface area contributed by atoms with E-state index in [1.165, 1.54) is 6.07 Å². The van der Waals surface area contributed by atoms with E-state index in [-0.39, 0.29) is 5.41 Å². The first-order chi connectivity index (χ1) is 8.47. The maximum atomic E-state index is 12.8. The molecule has 2 nitrogen and oxygen atoms in total. The molecule has 0 saturated heterocycles. The second-order valence-corrected chi connectivity index (χ2v) is 5.23. The van der Waals surface area contributed by atoms with Crippen molar-refractivity contribution in [2.45, 2.75) is 24.4 Å². The number of hydrogen-bond donors (Lipinski definition) is 2. The summed E-state index contributed by atoms with van der Waals surface area (Å²) >= 11 is 0. The molecule has 0 radical (unpaired) electrons. The van der Waals surface area contributed by atoms with E-state index in [0.717, 1.165) is 36.7 Å². The lowest BCUT2D eigenvalue weighted by Crippen LogP contribution is -2.26. The van der Waals surface area contributed by atoms with Crippen LogP contribution in [-0.2, 0) is 11.6 Å². The fourth-order valence-corrected chi connectivity index (χ4v) is 3.17. The number of halogens is 3. The molecule has 98 valence electrons. The number of hydrogen-bond acceptors (Lipinski definition) is 2. The van der Waals surface area contributed by atoms with Gasteiger partial charge in [-0.2, -0.15) is 13.2 Å². The highest BCUT2D eigenvalue weighted by molar-refractivity contribution is 5.61. The van der Waals surface area contributed by atoms with Gasteiger partial charge in [0.1, 0.15) is 0 Å². The van der Waals surface area contributed by atoms with E-state index in [1.807, 2.05) is 0 Å². The highest BCUT2D eigenvalue weighted by Gasteiger charge is 2.56. The van der Waals surface area contributed by atoms with Gasteiger partial charge in [-0.05, 0) is 49.1 Å². The highest BCUT2D eigenvalue weighted by Crippen LogP contribution is 2.60. The summed E-state index contributed by atoms with van der Waals surface area (Å²) in [4.78, 5) is 0. The standard InChI is InChI=1S/C13H15F3N2/c14-13(15,16)8-1-2-11-10(5-8)12(3-4-18-11)6-9(12)7-17/h1-2,5,9,18H,3-4,6-7,17H2. The van der Waals surface area contributed by atoms with Gasteiger partial charge in [-0.25, -0.2) is 0 Å². The van der Waals surface area contributed by atoms with Crippen LogP contribution in [0.1, 0.15) is 24.0 Å². The first-order valence-electron chi connectivity index (χ1n) is 6.13. The van der Waals surface area contributed by atoms with Crippen molar-refractivity contribution in [1.29, 1.82) is 0 Å². The van der Waals surface area contributed by atoms with Gasteiger partial charge in [0.15, 0.2) is 0 Å². The summed E-state index contributed by atoms with van der Waals surface area (Å²) in [5.41, 5.74) is 6.66. The normalized spacial score (nSPS) is 29.9. The third kappa shape index (κ3) is 1.61. The smallest absolute Gasteiger partial charge is 0.385 e. The van der Waals surface area contributed by atoms with Crippen LogP contribution in [0, 0.1) is 5.92 Å². The van der Waals surface area contributed by atoms with Gasteiger partial charge < -0.3 is 11.1 Å². The summed E-state index contributed by atoms with van der Waals surface area (Å²) in [6.45, 7) is 1.37. The van der Waals surface area contributed by atoms with Crippen LogP contribution in [-0.4, -0.2) is 13.1 Å². The molecule has 5 heteroatoms. The number of fused-ring (bicyclic) bond motifs is 2. The zero-order chi connectivity index (χ0) is 13.0. The molecule has 3 N–H and O–H groups in total. The number of nitrogens with two attached hydrogens (primary N) is 1. The van der Waals surface area contributed by atoms with E-state index in [1.54, 1.807) is 6.07 Å². The predicted octanol–water partition coefficient (Wildman–Crippen LogP) is 2.74. The lowest BCUT2D eigenvalue weighted by Gasteiger charge is -2.28. The summed E-state index contributed by atoms with van der Waals surface area (Å²) in [5.74, 6) is 0.335. The second kappa shape index (κ2) is 3.63. The van der Waals surface area contributed by atoms with Gasteiger partial charge in [-0.15, -0.1) is 0 Å². The average molecular weight is 256 g/mol. The zero-order valence-corrected chi connectivity index (χ0v) is 9.85. The van der Waals surface area contributed by atoms with Crippen LogP contribution in [0.2, 0.25) is 0 Å². The zero-order valence-electron chi connectivity index (χ0n) is 9.85. The minimum absolute atomic E-state index is 0.101. The Morgan fingerprint density at radius 2 is 2.17 bits per heavy atom. The molecule has 1 heterocycles. The van der Waals surface area contributed by atoms with Crippen molar-refractivity contribution in [3.8, 4) is 0 Å². The maximum absolute atomic E-state index is 12.8. The molecule has 1 fully saturated rings. The van der Waals surface area contributed by atoms with Crippen molar-refractivity contribution < 1.29 is 13.2 Å². The molecule has 2 atom stereocenters. The number of alkyl halides is 3. The summed E-state index contributed by atoms with van der Waals surface area (Å²) in [6.07, 6.45) is -2.48. The molecule has 1 aromatic rings. The molecular weight excluding hydrogens is 241 g/mol. The third-order valence-electron chi connectivity index (χ3n) is 4.29. The Bertz CT molecular complexity index is 484. The molecule has 2 unspecified atom stereocenters. The van der Waals surface area contributed by atoms with Crippen molar-refractivity contribution in [2.24, 2.45) is 11.7 Å². The second-order valence-electron chi connectivity index (χ2n) is 5.23. The van der Waals surface area contributed by atoms with E-state index in [4.69, 9.17) is 5.73 Å². The minimum atomic E-state index is -4.28. The topological polar surface area (TPSA) is 38.0 Å². The van der Waals surface area contributed by atoms with E-state index >= 15 is 0 Å². The number of anilines is 1. The fourth-order valence-electron chi connectivity index (χ4n) is 3.17. The Labute approximate surface area is 103 Å². The lowest BCUT2D eigenvalue weighted by atomic mass is 9.84. The average Bonchev–Trinajstić information content (AvgIpc) is 3.02. The van der Waals surface area contributed by atoms with Crippen molar-refractivity contribution in [2.75, 3.05) is 18.4 Å². The monoisotopic (exact) mass is 256 g/mol. The Kier molecular flexibility index (Phi) is 2.39. The van der Waals surface area contributed by atoms with Gasteiger partial charge in [-0.3, -0.25) is 0 Å². The van der Waals surface area contributed by atoms with Gasteiger partial charge in [-0.1, -0.05) is 0 Å². The van der Waals surface area contributed by atoms with Crippen LogP contribution in [0.15, 0.2) is 18.2 Å². The van der Waals surface area contributed by atoms with Crippen LogP contribution in [0.25, 0.3) is 0 Å². The minimum Gasteiger partial charge on any atom is -0.385 e. The Balaban J connectivity index is 2.06. The van der Waals surface area contributed by atoms with Crippen molar-refractivity contribution in [3.05, 3.63) is 29.3 Å². The molecule has 0 aromatic heterocycles. The third-order valence-corrected chi connectivity index (χ3v) is 4.29. The Morgan fingerprint density at radius 1 is 1.39 bits per heavy atom. The quantitative estimate of drug-likeness (QED) is 0.810. The largest absolute Gasteiger partial charge is 0.416 e. The molecule has 3 rings (SSSR count). The summed E-state index contributed by atoms with van der Waals surface area (Å²) in [6, 6.07) is 3.99. The summed E-state index contributed by atoms with van der Waals surface area (Å²) in [5, 5.41) is 3.17. The van der Waals surface area contributed by atoms with Crippen LogP contribution in [0.5, 0.6) is 0 Å². The molecule has 0 bridgehead atoms. The highest BCUT2D eigenvalue weighted by atomic mass is 19.4. The number of rotatable bonds is 1. The molecule has 18 heavy (non-hydrogen) atoms. The first-order valence-corrected chi connectivity index (χ1v) is 6.13. The molecule has 1 spiro atoms. The Morgan fingerprint density at radius 3 is 2.78 bits per heavy atom. The Hall–Kier alpha value is -1.23. The SMILES string of the molecule is NCC1CC12CCNc1ccc(C(F)(F)F)cc12.